The molecule has 0 aromatic rings. The van der Waals surface area contributed by atoms with Crippen molar-refractivity contribution in [3.63, 3.8) is 0 Å². The summed E-state index contributed by atoms with van der Waals surface area (Å²) in [6, 6.07) is 0. The molecule has 0 heterocycles. The second-order valence-corrected chi connectivity index (χ2v) is 9.36. The largest absolute Gasteiger partial charge is 0.353 e. The minimum Gasteiger partial charge on any atom is -0.353 e. The topological polar surface area (TPSA) is 36.9 Å². The van der Waals surface area contributed by atoms with E-state index in [1.165, 1.54) is 83.5 Å². The van der Waals surface area contributed by atoms with Crippen LogP contribution in [0.5, 0.6) is 0 Å². The fourth-order valence-electron chi connectivity index (χ4n) is 3.99. The lowest BCUT2D eigenvalue weighted by molar-refractivity contribution is -0.294. The minimum atomic E-state index is 0.0127. The average molecular weight is 471 g/mol. The van der Waals surface area contributed by atoms with Gasteiger partial charge in [-0.15, -0.1) is 0 Å². The highest BCUT2D eigenvalue weighted by molar-refractivity contribution is 4.88. The van der Waals surface area contributed by atoms with Crippen LogP contribution in [0.1, 0.15) is 143 Å². The number of hydrogen-bond donors (Lipinski definition) is 0. The Balaban J connectivity index is 3.78. The van der Waals surface area contributed by atoms with Crippen LogP contribution in [-0.2, 0) is 19.2 Å². The molecule has 1 unspecified atom stereocenters. The van der Waals surface area contributed by atoms with Gasteiger partial charge in [0, 0.05) is 13.2 Å². The molecular weight excluding hydrogens is 412 g/mol. The van der Waals surface area contributed by atoms with Gasteiger partial charge in [-0.05, 0) is 44.9 Å². The molecule has 0 radical (unpaired) electrons. The molecule has 0 aliphatic rings. The Morgan fingerprint density at radius 3 is 1.67 bits per heavy atom. The van der Waals surface area contributed by atoms with Gasteiger partial charge in [0.15, 0.2) is 6.29 Å². The monoisotopic (exact) mass is 470 g/mol. The van der Waals surface area contributed by atoms with Gasteiger partial charge in [-0.3, -0.25) is 0 Å². The molecule has 0 fully saturated rings. The summed E-state index contributed by atoms with van der Waals surface area (Å²) >= 11 is 0. The zero-order chi connectivity index (χ0) is 24.2. The van der Waals surface area contributed by atoms with Crippen molar-refractivity contribution < 1.29 is 19.2 Å². The number of ether oxygens (including phenoxy) is 2. The second kappa shape index (κ2) is 27.8. The predicted octanol–water partition coefficient (Wildman–Crippen LogP) is 9.32. The molecule has 0 saturated heterocycles. The van der Waals surface area contributed by atoms with Crippen LogP contribution < -0.4 is 0 Å². The van der Waals surface area contributed by atoms with Gasteiger partial charge in [-0.1, -0.05) is 110 Å². The fraction of sp³-hybridized carbons (Fsp3) is 0.931. The Kier molecular flexibility index (Phi) is 27.5. The lowest BCUT2D eigenvalue weighted by Crippen LogP contribution is -2.19. The third kappa shape index (κ3) is 24.5. The van der Waals surface area contributed by atoms with Crippen molar-refractivity contribution in [3.8, 4) is 0 Å². The minimum absolute atomic E-state index is 0.0127. The number of hydrogen-bond acceptors (Lipinski definition) is 4. The first-order valence-electron chi connectivity index (χ1n) is 14.4. The third-order valence-corrected chi connectivity index (χ3v) is 6.06. The van der Waals surface area contributed by atoms with Gasteiger partial charge in [-0.25, -0.2) is 9.78 Å². The first kappa shape index (κ1) is 32.6. The molecule has 0 amide bonds. The van der Waals surface area contributed by atoms with E-state index in [2.05, 4.69) is 32.9 Å². The fourth-order valence-corrected chi connectivity index (χ4v) is 3.99. The SMILES string of the molecule is CCCCCCOC(CCCCCCCCCC=CC(CCC)OOC)OCCCCCC. The average Bonchev–Trinajstić information content (AvgIpc) is 2.81. The maximum absolute atomic E-state index is 6.08. The predicted molar refractivity (Wildman–Crippen MR) is 141 cm³/mol. The summed E-state index contributed by atoms with van der Waals surface area (Å²) in [5.41, 5.74) is 0. The van der Waals surface area contributed by atoms with Crippen LogP contribution in [0.15, 0.2) is 12.2 Å². The van der Waals surface area contributed by atoms with E-state index < -0.39 is 0 Å². The molecule has 4 heteroatoms. The van der Waals surface area contributed by atoms with E-state index in [0.717, 1.165) is 51.7 Å². The molecule has 0 spiro atoms. The normalized spacial score (nSPS) is 12.9. The van der Waals surface area contributed by atoms with E-state index in [9.17, 15) is 0 Å². The standard InChI is InChI=1S/C29H58O4/c1-5-8-10-21-26-31-29(32-27-22-11-9-6-2)25-20-18-16-14-12-13-15-17-19-24-28(23-7-3)33-30-4/h19,24,28-29H,5-18,20-23,25-27H2,1-4H3. The van der Waals surface area contributed by atoms with Crippen molar-refractivity contribution in [1.29, 1.82) is 0 Å². The zero-order valence-corrected chi connectivity index (χ0v) is 22.8. The van der Waals surface area contributed by atoms with E-state index in [4.69, 9.17) is 19.2 Å². The quantitative estimate of drug-likeness (QED) is 0.0394. The lowest BCUT2D eigenvalue weighted by atomic mass is 10.1. The number of unbranched alkanes of at least 4 members (excludes halogenated alkanes) is 13. The summed E-state index contributed by atoms with van der Waals surface area (Å²) in [5, 5.41) is 0. The molecule has 0 aliphatic carbocycles. The van der Waals surface area contributed by atoms with Crippen molar-refractivity contribution >= 4 is 0 Å². The van der Waals surface area contributed by atoms with Crippen LogP contribution >= 0.6 is 0 Å². The van der Waals surface area contributed by atoms with Gasteiger partial charge in [-0.2, -0.15) is 0 Å². The molecular formula is C29H58O4. The van der Waals surface area contributed by atoms with E-state index >= 15 is 0 Å². The molecule has 0 saturated carbocycles. The van der Waals surface area contributed by atoms with E-state index in [0.29, 0.717) is 0 Å². The van der Waals surface area contributed by atoms with Gasteiger partial charge >= 0.3 is 0 Å². The summed E-state index contributed by atoms with van der Waals surface area (Å²) in [4.78, 5) is 10.1. The smallest absolute Gasteiger partial charge is 0.157 e. The van der Waals surface area contributed by atoms with Crippen molar-refractivity contribution in [3.05, 3.63) is 12.2 Å². The molecule has 0 aliphatic heterocycles. The van der Waals surface area contributed by atoms with E-state index in [1.54, 1.807) is 7.11 Å². The van der Waals surface area contributed by atoms with Crippen LogP contribution in [0.2, 0.25) is 0 Å². The lowest BCUT2D eigenvalue weighted by Gasteiger charge is -2.19. The summed E-state index contributed by atoms with van der Waals surface area (Å²) in [6.07, 6.45) is 28.0. The van der Waals surface area contributed by atoms with Crippen LogP contribution in [0, 0.1) is 0 Å². The van der Waals surface area contributed by atoms with Crippen LogP contribution in [0.3, 0.4) is 0 Å². The van der Waals surface area contributed by atoms with E-state index in [-0.39, 0.29) is 12.4 Å². The number of allylic oxidation sites excluding steroid dienone is 1. The summed E-state index contributed by atoms with van der Waals surface area (Å²) < 4.78 is 12.2. The molecule has 4 nitrogen and oxygen atoms in total. The number of rotatable bonds is 27. The second-order valence-electron chi connectivity index (χ2n) is 9.36. The summed E-state index contributed by atoms with van der Waals surface area (Å²) in [7, 11) is 1.58. The van der Waals surface area contributed by atoms with Gasteiger partial charge in [0.25, 0.3) is 0 Å². The highest BCUT2D eigenvalue weighted by Gasteiger charge is 2.09. The first-order chi connectivity index (χ1) is 16.3. The molecule has 0 aromatic heterocycles. The molecule has 1 atom stereocenters. The highest BCUT2D eigenvalue weighted by atomic mass is 17.2. The van der Waals surface area contributed by atoms with Crippen molar-refractivity contribution in [2.45, 2.75) is 155 Å². The molecule has 198 valence electrons. The summed E-state index contributed by atoms with van der Waals surface area (Å²) in [5.74, 6) is 0. The van der Waals surface area contributed by atoms with Gasteiger partial charge < -0.3 is 9.47 Å². The van der Waals surface area contributed by atoms with E-state index in [1.807, 2.05) is 0 Å². The van der Waals surface area contributed by atoms with Crippen molar-refractivity contribution in [1.82, 2.24) is 0 Å². The van der Waals surface area contributed by atoms with Gasteiger partial charge in [0.1, 0.15) is 6.10 Å². The summed E-state index contributed by atoms with van der Waals surface area (Å²) in [6.45, 7) is 8.38. The maximum atomic E-state index is 6.08. The molecule has 0 rings (SSSR count). The van der Waals surface area contributed by atoms with Crippen LogP contribution in [0.25, 0.3) is 0 Å². The van der Waals surface area contributed by atoms with Crippen molar-refractivity contribution in [2.75, 3.05) is 20.3 Å². The Hall–Kier alpha value is -0.420. The maximum Gasteiger partial charge on any atom is 0.157 e. The Morgan fingerprint density at radius 1 is 0.576 bits per heavy atom. The Labute approximate surface area is 207 Å². The first-order valence-corrected chi connectivity index (χ1v) is 14.4. The molecule has 0 N–H and O–H groups in total. The Bertz CT molecular complexity index is 366. The van der Waals surface area contributed by atoms with Gasteiger partial charge in [0.2, 0.25) is 0 Å². The van der Waals surface area contributed by atoms with Crippen LogP contribution in [0.4, 0.5) is 0 Å². The third-order valence-electron chi connectivity index (χ3n) is 6.06. The van der Waals surface area contributed by atoms with Crippen molar-refractivity contribution in [2.24, 2.45) is 0 Å². The highest BCUT2D eigenvalue weighted by Crippen LogP contribution is 2.15. The Morgan fingerprint density at radius 2 is 1.12 bits per heavy atom. The molecule has 0 aromatic carbocycles. The molecule has 33 heavy (non-hydrogen) atoms. The zero-order valence-electron chi connectivity index (χ0n) is 22.8. The molecule has 0 bridgehead atoms. The van der Waals surface area contributed by atoms with Gasteiger partial charge in [0.05, 0.1) is 7.11 Å². The van der Waals surface area contributed by atoms with Crippen LogP contribution in [-0.4, -0.2) is 32.7 Å².